The molecule has 7 nitrogen and oxygen atoms in total. The van der Waals surface area contributed by atoms with Crippen LogP contribution in [-0.4, -0.2) is 45.7 Å². The molecule has 0 saturated heterocycles. The summed E-state index contributed by atoms with van der Waals surface area (Å²) in [7, 11) is 1.86. The zero-order valence-corrected chi connectivity index (χ0v) is 19.2. The fraction of sp³-hybridized carbons (Fsp3) is 0.500. The van der Waals surface area contributed by atoms with Gasteiger partial charge in [-0.15, -0.1) is 5.10 Å². The van der Waals surface area contributed by atoms with E-state index >= 15 is 0 Å². The van der Waals surface area contributed by atoms with Gasteiger partial charge in [0.05, 0.1) is 6.54 Å². The number of likely N-dealkylation sites (N-methyl/N-ethyl adjacent to an activating group) is 1. The SMILES string of the molecule is CN(CC(=O)NC1CCCC1)c1nn2c(NC(C)(C)C)c(-c3cccc(F)c3)nc2s1. The van der Waals surface area contributed by atoms with Gasteiger partial charge < -0.3 is 15.5 Å². The molecule has 3 aromatic rings. The van der Waals surface area contributed by atoms with Crippen LogP contribution in [0.5, 0.6) is 0 Å². The van der Waals surface area contributed by atoms with Crippen LogP contribution in [-0.2, 0) is 4.79 Å². The summed E-state index contributed by atoms with van der Waals surface area (Å²) in [5.74, 6) is 0.410. The van der Waals surface area contributed by atoms with Crippen LogP contribution in [0.3, 0.4) is 0 Å². The van der Waals surface area contributed by atoms with E-state index in [-0.39, 0.29) is 23.8 Å². The molecule has 1 aromatic carbocycles. The molecule has 2 heterocycles. The van der Waals surface area contributed by atoms with Crippen molar-refractivity contribution in [1.29, 1.82) is 0 Å². The number of amides is 1. The lowest BCUT2D eigenvalue weighted by Crippen LogP contribution is -2.39. The topological polar surface area (TPSA) is 74.6 Å². The number of nitrogens with one attached hydrogen (secondary N) is 2. The maximum Gasteiger partial charge on any atom is 0.239 e. The summed E-state index contributed by atoms with van der Waals surface area (Å²) < 4.78 is 15.6. The number of rotatable bonds is 6. The molecule has 2 aromatic heterocycles. The highest BCUT2D eigenvalue weighted by atomic mass is 32.1. The first-order valence-corrected chi connectivity index (χ1v) is 11.5. The number of aromatic nitrogens is 3. The minimum atomic E-state index is -0.308. The number of hydrogen-bond acceptors (Lipinski definition) is 6. The van der Waals surface area contributed by atoms with Gasteiger partial charge in [0.15, 0.2) is 5.82 Å². The Morgan fingerprint density at radius 2 is 2.06 bits per heavy atom. The van der Waals surface area contributed by atoms with E-state index in [0.29, 0.717) is 33.2 Å². The van der Waals surface area contributed by atoms with Crippen molar-refractivity contribution in [2.75, 3.05) is 23.8 Å². The highest BCUT2D eigenvalue weighted by molar-refractivity contribution is 7.20. The Hall–Kier alpha value is -2.68. The number of fused-ring (bicyclic) bond motifs is 1. The number of halogens is 1. The average Bonchev–Trinajstić information content (AvgIpc) is 3.38. The third kappa shape index (κ3) is 4.98. The maximum atomic E-state index is 13.8. The van der Waals surface area contributed by atoms with Gasteiger partial charge in [0, 0.05) is 24.2 Å². The lowest BCUT2D eigenvalue weighted by molar-refractivity contribution is -0.120. The van der Waals surface area contributed by atoms with Crippen molar-refractivity contribution < 1.29 is 9.18 Å². The molecule has 0 atom stereocenters. The minimum Gasteiger partial charge on any atom is -0.364 e. The van der Waals surface area contributed by atoms with Crippen LogP contribution in [0.25, 0.3) is 16.2 Å². The van der Waals surface area contributed by atoms with Gasteiger partial charge in [0.25, 0.3) is 0 Å². The van der Waals surface area contributed by atoms with Gasteiger partial charge in [-0.3, -0.25) is 4.79 Å². The quantitative estimate of drug-likeness (QED) is 0.593. The Bertz CT molecular complexity index is 1080. The number of carbonyl (C=O) groups is 1. The second-order valence-electron chi connectivity index (χ2n) is 9.18. The first kappa shape index (κ1) is 21.5. The van der Waals surface area contributed by atoms with Crippen molar-refractivity contribution in [2.45, 2.75) is 58.0 Å². The van der Waals surface area contributed by atoms with Crippen molar-refractivity contribution in [3.05, 3.63) is 30.1 Å². The molecule has 166 valence electrons. The molecule has 1 aliphatic rings. The zero-order chi connectivity index (χ0) is 22.2. The largest absolute Gasteiger partial charge is 0.364 e. The molecular weight excluding hydrogens is 415 g/mol. The van der Waals surface area contributed by atoms with Crippen molar-refractivity contribution in [2.24, 2.45) is 0 Å². The molecule has 4 rings (SSSR count). The Balaban J connectivity index is 1.61. The Morgan fingerprint density at radius 3 is 2.74 bits per heavy atom. The molecule has 0 radical (unpaired) electrons. The number of carbonyl (C=O) groups excluding carboxylic acids is 1. The summed E-state index contributed by atoms with van der Waals surface area (Å²) in [6.45, 7) is 6.39. The van der Waals surface area contributed by atoms with E-state index in [1.165, 1.54) is 36.3 Å². The standard InChI is InChI=1S/C22H29FN6OS/c1-22(2,3)26-19-18(14-8-7-9-15(23)12-14)25-20-29(19)27-21(31-20)28(4)13-17(30)24-16-10-5-6-11-16/h7-9,12,16,26H,5-6,10-11,13H2,1-4H3,(H,24,30). The summed E-state index contributed by atoms with van der Waals surface area (Å²) in [6.07, 6.45) is 4.49. The first-order valence-electron chi connectivity index (χ1n) is 10.6. The van der Waals surface area contributed by atoms with E-state index in [4.69, 9.17) is 10.1 Å². The van der Waals surface area contributed by atoms with Crippen molar-refractivity contribution >= 4 is 33.2 Å². The normalized spacial score (nSPS) is 14.9. The number of benzene rings is 1. The Morgan fingerprint density at radius 1 is 1.32 bits per heavy atom. The van der Waals surface area contributed by atoms with Crippen LogP contribution in [0.15, 0.2) is 24.3 Å². The molecule has 1 saturated carbocycles. The Kier molecular flexibility index (Phi) is 5.88. The molecule has 0 unspecified atom stereocenters. The van der Waals surface area contributed by atoms with E-state index in [9.17, 15) is 9.18 Å². The van der Waals surface area contributed by atoms with Gasteiger partial charge >= 0.3 is 0 Å². The highest BCUT2D eigenvalue weighted by Gasteiger charge is 2.24. The second-order valence-corrected chi connectivity index (χ2v) is 10.1. The molecule has 31 heavy (non-hydrogen) atoms. The van der Waals surface area contributed by atoms with Crippen LogP contribution >= 0.6 is 11.3 Å². The number of anilines is 2. The predicted octanol–water partition coefficient (Wildman–Crippen LogP) is 4.30. The Labute approximate surface area is 185 Å². The van der Waals surface area contributed by atoms with Gasteiger partial charge in [-0.1, -0.05) is 36.3 Å². The average molecular weight is 445 g/mol. The minimum absolute atomic E-state index is 0.00994. The summed E-state index contributed by atoms with van der Waals surface area (Å²) in [6, 6.07) is 6.70. The summed E-state index contributed by atoms with van der Waals surface area (Å²) in [4.78, 5) is 19.7. The fourth-order valence-corrected chi connectivity index (χ4v) is 4.69. The van der Waals surface area contributed by atoms with Gasteiger partial charge in [0.2, 0.25) is 16.0 Å². The van der Waals surface area contributed by atoms with Crippen molar-refractivity contribution in [3.8, 4) is 11.3 Å². The highest BCUT2D eigenvalue weighted by Crippen LogP contribution is 2.34. The molecule has 2 N–H and O–H groups in total. The van der Waals surface area contributed by atoms with Gasteiger partial charge in [-0.25, -0.2) is 9.37 Å². The summed E-state index contributed by atoms with van der Waals surface area (Å²) in [5.41, 5.74) is 1.10. The second kappa shape index (κ2) is 8.45. The van der Waals surface area contributed by atoms with Crippen LogP contribution in [0.2, 0.25) is 0 Å². The molecule has 1 amide bonds. The zero-order valence-electron chi connectivity index (χ0n) is 18.4. The van der Waals surface area contributed by atoms with Gasteiger partial charge in [-0.2, -0.15) is 4.52 Å². The van der Waals surface area contributed by atoms with Gasteiger partial charge in [0.1, 0.15) is 11.5 Å². The molecule has 1 fully saturated rings. The summed E-state index contributed by atoms with van der Waals surface area (Å²) >= 11 is 1.40. The molecule has 0 bridgehead atoms. The van der Waals surface area contributed by atoms with Crippen molar-refractivity contribution in [3.63, 3.8) is 0 Å². The number of hydrogen-bond donors (Lipinski definition) is 2. The number of nitrogens with zero attached hydrogens (tertiary/aromatic N) is 4. The summed E-state index contributed by atoms with van der Waals surface area (Å²) in [5, 5.41) is 12.0. The molecule has 9 heteroatoms. The monoisotopic (exact) mass is 444 g/mol. The van der Waals surface area contributed by atoms with E-state index in [1.54, 1.807) is 10.6 Å². The van der Waals surface area contributed by atoms with Crippen LogP contribution in [0.4, 0.5) is 15.3 Å². The fourth-order valence-electron chi connectivity index (χ4n) is 3.82. The van der Waals surface area contributed by atoms with Gasteiger partial charge in [-0.05, 0) is 45.7 Å². The molecule has 0 spiro atoms. The van der Waals surface area contributed by atoms with Crippen LogP contribution < -0.4 is 15.5 Å². The maximum absolute atomic E-state index is 13.8. The predicted molar refractivity (Wildman–Crippen MR) is 123 cm³/mol. The van der Waals surface area contributed by atoms with E-state index in [1.807, 2.05) is 18.0 Å². The van der Waals surface area contributed by atoms with Crippen molar-refractivity contribution in [1.82, 2.24) is 19.9 Å². The molecule has 0 aliphatic heterocycles. The first-order chi connectivity index (χ1) is 14.7. The van der Waals surface area contributed by atoms with E-state index < -0.39 is 0 Å². The molecular formula is C22H29FN6OS. The third-order valence-corrected chi connectivity index (χ3v) is 6.23. The van der Waals surface area contributed by atoms with E-state index in [0.717, 1.165) is 12.8 Å². The lowest BCUT2D eigenvalue weighted by atomic mass is 10.1. The molecule has 1 aliphatic carbocycles. The smallest absolute Gasteiger partial charge is 0.239 e. The van der Waals surface area contributed by atoms with E-state index in [2.05, 4.69) is 31.4 Å². The third-order valence-electron chi connectivity index (χ3n) is 5.21. The lowest BCUT2D eigenvalue weighted by Gasteiger charge is -2.22. The van der Waals surface area contributed by atoms with Crippen LogP contribution in [0, 0.1) is 5.82 Å². The van der Waals surface area contributed by atoms with Crippen LogP contribution in [0.1, 0.15) is 46.5 Å². The number of imidazole rings is 1.